The summed E-state index contributed by atoms with van der Waals surface area (Å²) in [7, 11) is 0. The Bertz CT molecular complexity index is 572. The quantitative estimate of drug-likeness (QED) is 0.751. The van der Waals surface area contributed by atoms with Crippen LogP contribution in [0.5, 0.6) is 0 Å². The zero-order valence-corrected chi connectivity index (χ0v) is 14.0. The van der Waals surface area contributed by atoms with Crippen LogP contribution in [0, 0.1) is 0 Å². The van der Waals surface area contributed by atoms with Crippen molar-refractivity contribution in [3.05, 3.63) is 52.0 Å². The average molecular weight is 317 g/mol. The average Bonchev–Trinajstić information content (AvgIpc) is 2.94. The molecular formula is C18H23NO2S. The number of hydrogen-bond donors (Lipinski definition) is 1. The van der Waals surface area contributed by atoms with Crippen molar-refractivity contribution in [1.82, 2.24) is 4.98 Å². The summed E-state index contributed by atoms with van der Waals surface area (Å²) in [5, 5.41) is 10.8. The summed E-state index contributed by atoms with van der Waals surface area (Å²) in [6, 6.07) is 10.3. The minimum absolute atomic E-state index is 0.833. The lowest BCUT2D eigenvalue weighted by Gasteiger charge is -1.93. The molecule has 0 radical (unpaired) electrons. The van der Waals surface area contributed by atoms with Gasteiger partial charge in [0.2, 0.25) is 0 Å². The maximum atomic E-state index is 9.00. The van der Waals surface area contributed by atoms with Crippen molar-refractivity contribution < 1.29 is 9.90 Å². The molecule has 0 saturated carbocycles. The lowest BCUT2D eigenvalue weighted by molar-refractivity contribution is -0.134. The maximum absolute atomic E-state index is 9.00. The van der Waals surface area contributed by atoms with E-state index < -0.39 is 5.97 Å². The number of benzene rings is 1. The Kier molecular flexibility index (Phi) is 8.84. The fourth-order valence-electron chi connectivity index (χ4n) is 1.79. The number of aryl methyl sites for hydroxylation is 1. The molecule has 118 valence electrons. The van der Waals surface area contributed by atoms with Crippen LogP contribution in [0.2, 0.25) is 0 Å². The second kappa shape index (κ2) is 10.7. The van der Waals surface area contributed by atoms with Crippen molar-refractivity contribution >= 4 is 29.5 Å². The van der Waals surface area contributed by atoms with Gasteiger partial charge >= 0.3 is 0 Å². The van der Waals surface area contributed by atoms with Crippen LogP contribution in [0.4, 0.5) is 0 Å². The molecule has 1 aromatic heterocycles. The Hall–Kier alpha value is -1.94. The molecule has 2 rings (SSSR count). The van der Waals surface area contributed by atoms with E-state index >= 15 is 0 Å². The molecular weight excluding hydrogens is 294 g/mol. The van der Waals surface area contributed by atoms with Crippen LogP contribution in [0.25, 0.3) is 12.2 Å². The van der Waals surface area contributed by atoms with E-state index in [0.717, 1.165) is 19.0 Å². The van der Waals surface area contributed by atoms with Crippen molar-refractivity contribution in [1.29, 1.82) is 0 Å². The summed E-state index contributed by atoms with van der Waals surface area (Å²) in [6.45, 7) is 3.32. The highest BCUT2D eigenvalue weighted by atomic mass is 32.1. The van der Waals surface area contributed by atoms with Gasteiger partial charge in [-0.25, -0.2) is 4.98 Å². The molecule has 0 atom stereocenters. The molecule has 0 aliphatic carbocycles. The molecule has 0 bridgehead atoms. The maximum Gasteiger partial charge on any atom is 0.300 e. The Morgan fingerprint density at radius 2 is 1.91 bits per heavy atom. The molecule has 0 spiro atoms. The van der Waals surface area contributed by atoms with Gasteiger partial charge in [0.15, 0.2) is 0 Å². The van der Waals surface area contributed by atoms with E-state index in [-0.39, 0.29) is 0 Å². The van der Waals surface area contributed by atoms with Gasteiger partial charge in [0, 0.05) is 12.3 Å². The molecule has 0 aliphatic rings. The second-order valence-corrected chi connectivity index (χ2v) is 5.83. The molecule has 0 fully saturated rings. The number of hydrogen-bond acceptors (Lipinski definition) is 3. The molecule has 3 nitrogen and oxygen atoms in total. The number of carboxylic acid groups (broad SMARTS) is 1. The SMILES string of the molecule is CC(=O)O.CCCCCc1nc(C=Cc2ccccc2)cs1. The van der Waals surface area contributed by atoms with Gasteiger partial charge in [-0.05, 0) is 24.5 Å². The van der Waals surface area contributed by atoms with Gasteiger partial charge < -0.3 is 5.11 Å². The summed E-state index contributed by atoms with van der Waals surface area (Å²) in [4.78, 5) is 13.6. The lowest BCUT2D eigenvalue weighted by Crippen LogP contribution is -1.84. The van der Waals surface area contributed by atoms with E-state index in [2.05, 4.69) is 53.7 Å². The van der Waals surface area contributed by atoms with Gasteiger partial charge in [-0.15, -0.1) is 11.3 Å². The number of rotatable bonds is 6. The highest BCUT2D eigenvalue weighted by Crippen LogP contribution is 2.15. The first-order valence-electron chi connectivity index (χ1n) is 7.49. The van der Waals surface area contributed by atoms with Crippen LogP contribution in [0.1, 0.15) is 49.4 Å². The Morgan fingerprint density at radius 1 is 1.23 bits per heavy atom. The summed E-state index contributed by atoms with van der Waals surface area (Å²) in [5.74, 6) is -0.833. The number of aliphatic carboxylic acids is 1. The highest BCUT2D eigenvalue weighted by Gasteiger charge is 1.99. The van der Waals surface area contributed by atoms with E-state index in [1.54, 1.807) is 11.3 Å². The third kappa shape index (κ3) is 8.37. The Labute approximate surface area is 136 Å². The molecule has 2 aromatic rings. The fraction of sp³-hybridized carbons (Fsp3) is 0.333. The fourth-order valence-corrected chi connectivity index (χ4v) is 2.60. The van der Waals surface area contributed by atoms with Gasteiger partial charge in [0.05, 0.1) is 10.7 Å². The zero-order chi connectivity index (χ0) is 16.2. The number of nitrogens with zero attached hydrogens (tertiary/aromatic N) is 1. The monoisotopic (exact) mass is 317 g/mol. The minimum atomic E-state index is -0.833. The van der Waals surface area contributed by atoms with E-state index in [9.17, 15) is 0 Å². The first kappa shape index (κ1) is 18.1. The molecule has 4 heteroatoms. The number of aromatic nitrogens is 1. The van der Waals surface area contributed by atoms with Crippen LogP contribution in [0.15, 0.2) is 35.7 Å². The molecule has 0 unspecified atom stereocenters. The van der Waals surface area contributed by atoms with Gasteiger partial charge in [-0.3, -0.25) is 4.79 Å². The summed E-state index contributed by atoms with van der Waals surface area (Å²) in [6.07, 6.45) is 9.16. The van der Waals surface area contributed by atoms with Crippen molar-refractivity contribution in [2.45, 2.75) is 39.5 Å². The highest BCUT2D eigenvalue weighted by molar-refractivity contribution is 7.09. The first-order chi connectivity index (χ1) is 10.6. The third-order valence-electron chi connectivity index (χ3n) is 2.81. The van der Waals surface area contributed by atoms with Crippen LogP contribution in [0.3, 0.4) is 0 Å². The van der Waals surface area contributed by atoms with Crippen LogP contribution in [-0.2, 0) is 11.2 Å². The van der Waals surface area contributed by atoms with Crippen molar-refractivity contribution in [3.63, 3.8) is 0 Å². The smallest absolute Gasteiger partial charge is 0.300 e. The standard InChI is InChI=1S/C16H19NS.C2H4O2/c1-2-3-5-10-16-17-15(13-18-16)12-11-14-8-6-4-7-9-14;1-2(3)4/h4,6-9,11-13H,2-3,5,10H2,1H3;1H3,(H,3,4). The second-order valence-electron chi connectivity index (χ2n) is 4.89. The Morgan fingerprint density at radius 3 is 2.55 bits per heavy atom. The van der Waals surface area contributed by atoms with Crippen molar-refractivity contribution in [2.24, 2.45) is 0 Å². The molecule has 22 heavy (non-hydrogen) atoms. The van der Waals surface area contributed by atoms with Gasteiger partial charge in [-0.1, -0.05) is 56.2 Å². The van der Waals surface area contributed by atoms with Gasteiger partial charge in [0.1, 0.15) is 0 Å². The predicted molar refractivity (Wildman–Crippen MR) is 94.0 cm³/mol. The van der Waals surface area contributed by atoms with E-state index in [0.29, 0.717) is 0 Å². The molecule has 0 saturated heterocycles. The Balaban J connectivity index is 0.000000541. The summed E-state index contributed by atoms with van der Waals surface area (Å²) in [5.41, 5.74) is 2.30. The topological polar surface area (TPSA) is 50.2 Å². The molecule has 0 amide bonds. The molecule has 1 N–H and O–H groups in total. The predicted octanol–water partition coefficient (Wildman–Crippen LogP) is 5.14. The zero-order valence-electron chi connectivity index (χ0n) is 13.2. The van der Waals surface area contributed by atoms with Crippen molar-refractivity contribution in [3.8, 4) is 0 Å². The number of thiazole rings is 1. The van der Waals surface area contributed by atoms with Crippen LogP contribution < -0.4 is 0 Å². The van der Waals surface area contributed by atoms with E-state index in [1.807, 2.05) is 6.07 Å². The molecule has 1 heterocycles. The lowest BCUT2D eigenvalue weighted by atomic mass is 10.2. The normalized spacial score (nSPS) is 10.3. The van der Waals surface area contributed by atoms with Gasteiger partial charge in [-0.2, -0.15) is 0 Å². The summed E-state index contributed by atoms with van der Waals surface area (Å²) >= 11 is 1.77. The van der Waals surface area contributed by atoms with Crippen LogP contribution in [-0.4, -0.2) is 16.1 Å². The molecule has 1 aromatic carbocycles. The summed E-state index contributed by atoms with van der Waals surface area (Å²) < 4.78 is 0. The van der Waals surface area contributed by atoms with E-state index in [4.69, 9.17) is 9.90 Å². The largest absolute Gasteiger partial charge is 0.481 e. The van der Waals surface area contributed by atoms with Crippen LogP contribution >= 0.6 is 11.3 Å². The number of unbranched alkanes of at least 4 members (excludes halogenated alkanes) is 2. The van der Waals surface area contributed by atoms with Gasteiger partial charge in [0.25, 0.3) is 5.97 Å². The number of carboxylic acids is 1. The first-order valence-corrected chi connectivity index (χ1v) is 8.37. The van der Waals surface area contributed by atoms with E-state index in [1.165, 1.54) is 29.8 Å². The molecule has 0 aliphatic heterocycles. The van der Waals surface area contributed by atoms with Crippen molar-refractivity contribution in [2.75, 3.05) is 0 Å². The number of carbonyl (C=O) groups is 1. The minimum Gasteiger partial charge on any atom is -0.481 e. The third-order valence-corrected chi connectivity index (χ3v) is 3.74.